The highest BCUT2D eigenvalue weighted by atomic mass is 32.1. The normalized spacial score (nSPS) is 23.8. The summed E-state index contributed by atoms with van der Waals surface area (Å²) >= 11 is 1.18. The predicted octanol–water partition coefficient (Wildman–Crippen LogP) is 4.89. The second-order valence-corrected chi connectivity index (χ2v) is 7.78. The molecule has 2 aromatic rings. The Morgan fingerprint density at radius 3 is 2.56 bits per heavy atom. The molecule has 1 atom stereocenters. The molecular weight excluding hydrogens is 336 g/mol. The molecule has 2 heterocycles. The summed E-state index contributed by atoms with van der Waals surface area (Å²) in [5.41, 5.74) is 0.324. The van der Waals surface area contributed by atoms with Gasteiger partial charge >= 0.3 is 5.97 Å². The van der Waals surface area contributed by atoms with Crippen molar-refractivity contribution in [1.82, 2.24) is 0 Å². The van der Waals surface area contributed by atoms with Crippen LogP contribution in [-0.2, 0) is 5.60 Å². The molecule has 1 N–H and O–H groups in total. The highest BCUT2D eigenvalue weighted by Gasteiger charge is 2.49. The maximum Gasteiger partial charge on any atom is 0.340 e. The minimum Gasteiger partial charge on any atom is -0.479 e. The number of rotatable bonds is 3. The number of carbonyl (C=O) groups is 2. The van der Waals surface area contributed by atoms with Gasteiger partial charge in [-0.15, -0.1) is 11.3 Å². The van der Waals surface area contributed by atoms with Gasteiger partial charge in [-0.3, -0.25) is 4.79 Å². The maximum atomic E-state index is 12.9. The molecule has 2 aliphatic rings. The summed E-state index contributed by atoms with van der Waals surface area (Å²) in [5.74, 6) is -0.559. The Balaban J connectivity index is 1.86. The topological polar surface area (TPSA) is 63.6 Å². The zero-order valence-corrected chi connectivity index (χ0v) is 14.7. The summed E-state index contributed by atoms with van der Waals surface area (Å²) in [6.45, 7) is 0. The standard InChI is InChI=1S/C20H20O4S/c21-16-11-20(13-7-3-1-4-8-13,14-9-5-2-6-10-14)24-17-15(19(22)23)12-25-18(16)17/h1,3-4,7-8,12,14H,2,5-6,9-11H2,(H,22,23). The highest BCUT2D eigenvalue weighted by molar-refractivity contribution is 7.12. The van der Waals surface area contributed by atoms with Gasteiger partial charge in [0, 0.05) is 11.3 Å². The molecule has 1 saturated carbocycles. The van der Waals surface area contributed by atoms with Crippen molar-refractivity contribution in [3.63, 3.8) is 0 Å². The Morgan fingerprint density at radius 2 is 1.88 bits per heavy atom. The van der Waals surface area contributed by atoms with Crippen LogP contribution >= 0.6 is 11.3 Å². The number of carboxylic acid groups (broad SMARTS) is 1. The largest absolute Gasteiger partial charge is 0.479 e. The Bertz CT molecular complexity index is 791. The van der Waals surface area contributed by atoms with E-state index in [0.717, 1.165) is 31.2 Å². The van der Waals surface area contributed by atoms with E-state index in [1.165, 1.54) is 23.1 Å². The quantitative estimate of drug-likeness (QED) is 0.851. The van der Waals surface area contributed by atoms with Gasteiger partial charge in [0.2, 0.25) is 0 Å². The monoisotopic (exact) mass is 356 g/mol. The Hall–Kier alpha value is -2.14. The number of fused-ring (bicyclic) bond motifs is 1. The summed E-state index contributed by atoms with van der Waals surface area (Å²) in [7, 11) is 0. The van der Waals surface area contributed by atoms with Crippen LogP contribution in [0.2, 0.25) is 0 Å². The Kier molecular flexibility index (Phi) is 4.12. The average Bonchev–Trinajstić information content (AvgIpc) is 3.07. The first kappa shape index (κ1) is 16.3. The number of thiophene rings is 1. The van der Waals surface area contributed by atoms with Gasteiger partial charge in [-0.05, 0) is 18.4 Å². The molecule has 1 aromatic carbocycles. The van der Waals surface area contributed by atoms with Crippen molar-refractivity contribution in [3.05, 3.63) is 51.7 Å². The molecule has 130 valence electrons. The fourth-order valence-electron chi connectivity index (χ4n) is 4.24. The van der Waals surface area contributed by atoms with E-state index in [0.29, 0.717) is 4.88 Å². The van der Waals surface area contributed by atoms with E-state index in [4.69, 9.17) is 4.74 Å². The van der Waals surface area contributed by atoms with Gasteiger partial charge in [0.25, 0.3) is 0 Å². The van der Waals surface area contributed by atoms with Gasteiger partial charge in [0.15, 0.2) is 11.5 Å². The lowest BCUT2D eigenvalue weighted by Gasteiger charge is -2.45. The van der Waals surface area contributed by atoms with E-state index in [2.05, 4.69) is 0 Å². The Labute approximate surface area is 150 Å². The number of benzene rings is 1. The molecule has 25 heavy (non-hydrogen) atoms. The van der Waals surface area contributed by atoms with Gasteiger partial charge < -0.3 is 9.84 Å². The first-order valence-corrected chi connectivity index (χ1v) is 9.62. The lowest BCUT2D eigenvalue weighted by atomic mass is 9.70. The fourth-order valence-corrected chi connectivity index (χ4v) is 5.14. The molecule has 1 aliphatic carbocycles. The first-order valence-electron chi connectivity index (χ1n) is 8.74. The van der Waals surface area contributed by atoms with Crippen molar-refractivity contribution in [2.45, 2.75) is 44.1 Å². The smallest absolute Gasteiger partial charge is 0.340 e. The molecule has 0 amide bonds. The SMILES string of the molecule is O=C(O)c1csc2c1OC(c1ccccc1)(C1CCCCC1)CC2=O. The minimum atomic E-state index is -1.04. The van der Waals surface area contributed by atoms with Gasteiger partial charge in [0.05, 0.1) is 6.42 Å². The second kappa shape index (κ2) is 6.30. The summed E-state index contributed by atoms with van der Waals surface area (Å²) in [6, 6.07) is 9.85. The van der Waals surface area contributed by atoms with Gasteiger partial charge in [0.1, 0.15) is 16.0 Å². The molecule has 5 heteroatoms. The molecule has 0 saturated heterocycles. The third-order valence-corrected chi connectivity index (χ3v) is 6.47. The maximum absolute atomic E-state index is 12.9. The molecule has 0 spiro atoms. The van der Waals surface area contributed by atoms with Crippen LogP contribution in [-0.4, -0.2) is 16.9 Å². The average molecular weight is 356 g/mol. The summed E-state index contributed by atoms with van der Waals surface area (Å²) < 4.78 is 6.46. The predicted molar refractivity (Wildman–Crippen MR) is 95.5 cm³/mol. The van der Waals surface area contributed by atoms with Gasteiger partial charge in [-0.25, -0.2) is 4.79 Å². The zero-order valence-electron chi connectivity index (χ0n) is 13.9. The minimum absolute atomic E-state index is 0.00632. The molecule has 1 aliphatic heterocycles. The summed E-state index contributed by atoms with van der Waals surface area (Å²) in [6.07, 6.45) is 5.75. The van der Waals surface area contributed by atoms with Crippen LogP contribution in [0.15, 0.2) is 35.7 Å². The van der Waals surface area contributed by atoms with Crippen molar-refractivity contribution in [3.8, 4) is 5.75 Å². The summed E-state index contributed by atoms with van der Waals surface area (Å²) in [4.78, 5) is 24.9. The molecule has 4 rings (SSSR count). The van der Waals surface area contributed by atoms with Crippen LogP contribution in [0.25, 0.3) is 0 Å². The van der Waals surface area contributed by atoms with Crippen LogP contribution in [0, 0.1) is 5.92 Å². The summed E-state index contributed by atoms with van der Waals surface area (Å²) in [5, 5.41) is 11.0. The van der Waals surface area contributed by atoms with Crippen LogP contribution in [0.1, 0.15) is 64.1 Å². The number of ether oxygens (including phenoxy) is 1. The molecule has 1 fully saturated rings. The molecule has 4 nitrogen and oxygen atoms in total. The molecule has 0 bridgehead atoms. The zero-order chi connectivity index (χ0) is 17.4. The lowest BCUT2D eigenvalue weighted by molar-refractivity contribution is -0.0236. The number of carboxylic acids is 1. The third-order valence-electron chi connectivity index (χ3n) is 5.46. The van der Waals surface area contributed by atoms with Crippen molar-refractivity contribution in [1.29, 1.82) is 0 Å². The van der Waals surface area contributed by atoms with E-state index in [1.807, 2.05) is 30.3 Å². The molecule has 1 aromatic heterocycles. The van der Waals surface area contributed by atoms with Crippen molar-refractivity contribution in [2.24, 2.45) is 5.92 Å². The van der Waals surface area contributed by atoms with E-state index >= 15 is 0 Å². The second-order valence-electron chi connectivity index (χ2n) is 6.91. The molecular formula is C20H20O4S. The lowest BCUT2D eigenvalue weighted by Crippen LogP contribution is -2.46. The van der Waals surface area contributed by atoms with E-state index < -0.39 is 11.6 Å². The van der Waals surface area contributed by atoms with Crippen molar-refractivity contribution in [2.75, 3.05) is 0 Å². The number of ketones is 1. The van der Waals surface area contributed by atoms with Crippen molar-refractivity contribution < 1.29 is 19.4 Å². The van der Waals surface area contributed by atoms with Crippen LogP contribution in [0.3, 0.4) is 0 Å². The van der Waals surface area contributed by atoms with Crippen LogP contribution in [0.4, 0.5) is 0 Å². The van der Waals surface area contributed by atoms with E-state index in [1.54, 1.807) is 0 Å². The molecule has 0 radical (unpaired) electrons. The van der Waals surface area contributed by atoms with Gasteiger partial charge in [-0.2, -0.15) is 0 Å². The van der Waals surface area contributed by atoms with Crippen molar-refractivity contribution >= 4 is 23.1 Å². The van der Waals surface area contributed by atoms with Crippen LogP contribution in [0.5, 0.6) is 5.75 Å². The number of Topliss-reactive ketones (excluding diaryl/α,β-unsaturated/α-hetero) is 1. The number of aromatic carboxylic acids is 1. The number of hydrogen-bond donors (Lipinski definition) is 1. The number of hydrogen-bond acceptors (Lipinski definition) is 4. The van der Waals surface area contributed by atoms with Crippen LogP contribution < -0.4 is 4.74 Å². The van der Waals surface area contributed by atoms with E-state index in [9.17, 15) is 14.7 Å². The van der Waals surface area contributed by atoms with E-state index in [-0.39, 0.29) is 29.4 Å². The fraction of sp³-hybridized carbons (Fsp3) is 0.400. The Morgan fingerprint density at radius 1 is 1.16 bits per heavy atom. The molecule has 1 unspecified atom stereocenters. The first-order chi connectivity index (χ1) is 12.1. The number of carbonyl (C=O) groups excluding carboxylic acids is 1. The van der Waals surface area contributed by atoms with Gasteiger partial charge in [-0.1, -0.05) is 49.6 Å². The third kappa shape index (κ3) is 2.67. The highest BCUT2D eigenvalue weighted by Crippen LogP contribution is 2.51.